The van der Waals surface area contributed by atoms with Crippen LogP contribution in [0.25, 0.3) is 5.57 Å². The van der Waals surface area contributed by atoms with E-state index in [2.05, 4.69) is 15.3 Å². The number of fused-ring (bicyclic) bond motifs is 1. The fraction of sp³-hybridized carbons (Fsp3) is 0.263. The van der Waals surface area contributed by atoms with Crippen LogP contribution in [-0.4, -0.2) is 53.4 Å². The number of likely N-dealkylation sites (N-methyl/N-ethyl adjacent to an activating group) is 1. The third kappa shape index (κ3) is 3.38. The highest BCUT2D eigenvalue weighted by atomic mass is 19.1. The lowest BCUT2D eigenvalue weighted by Crippen LogP contribution is -2.37. The molecule has 0 atom stereocenters. The molecule has 0 radical (unpaired) electrons. The van der Waals surface area contributed by atoms with Crippen molar-refractivity contribution in [2.75, 3.05) is 36.9 Å². The van der Waals surface area contributed by atoms with E-state index < -0.39 is 0 Å². The van der Waals surface area contributed by atoms with Gasteiger partial charge in [-0.1, -0.05) is 6.08 Å². The molecule has 2 aliphatic rings. The largest absolute Gasteiger partial charge is 0.349 e. The number of rotatable bonds is 2. The highest BCUT2D eigenvalue weighted by molar-refractivity contribution is 6.02. The molecule has 2 aromatic rings. The first-order valence-corrected chi connectivity index (χ1v) is 8.61. The Morgan fingerprint density at radius 1 is 1.26 bits per heavy atom. The van der Waals surface area contributed by atoms with Gasteiger partial charge in [-0.3, -0.25) is 14.6 Å². The second kappa shape index (κ2) is 6.79. The second-order valence-electron chi connectivity index (χ2n) is 6.62. The van der Waals surface area contributed by atoms with E-state index in [0.717, 1.165) is 11.1 Å². The minimum Gasteiger partial charge on any atom is -0.349 e. The number of anilines is 2. The fourth-order valence-electron chi connectivity index (χ4n) is 3.34. The van der Waals surface area contributed by atoms with Crippen molar-refractivity contribution in [1.29, 1.82) is 0 Å². The SMILES string of the molecule is CN1CC(=O)Nc2cc(C(=O)N3CC=C(c4cncc(F)c4)CC3)cnc21. The van der Waals surface area contributed by atoms with Gasteiger partial charge in [0.25, 0.3) is 5.91 Å². The van der Waals surface area contributed by atoms with E-state index in [1.54, 1.807) is 29.1 Å². The van der Waals surface area contributed by atoms with Gasteiger partial charge in [0.05, 0.1) is 24.0 Å². The Labute approximate surface area is 155 Å². The zero-order valence-electron chi connectivity index (χ0n) is 14.8. The maximum atomic E-state index is 13.3. The molecule has 0 aromatic carbocycles. The molecule has 27 heavy (non-hydrogen) atoms. The van der Waals surface area contributed by atoms with Gasteiger partial charge in [0, 0.05) is 32.5 Å². The topological polar surface area (TPSA) is 78.4 Å². The number of aromatic nitrogens is 2. The third-order valence-corrected chi connectivity index (χ3v) is 4.70. The van der Waals surface area contributed by atoms with Crippen LogP contribution in [0.3, 0.4) is 0 Å². The van der Waals surface area contributed by atoms with Crippen LogP contribution in [0.4, 0.5) is 15.9 Å². The molecule has 0 spiro atoms. The molecule has 0 saturated heterocycles. The van der Waals surface area contributed by atoms with Crippen molar-refractivity contribution in [3.63, 3.8) is 0 Å². The third-order valence-electron chi connectivity index (χ3n) is 4.70. The number of carbonyl (C=O) groups is 2. The standard InChI is InChI=1S/C19H18FN5O2/c1-24-11-17(26)23-16-7-14(9-22-18(16)24)19(27)25-4-2-12(3-5-25)13-6-15(20)10-21-8-13/h2,6-10H,3-5,11H2,1H3,(H,23,26). The Morgan fingerprint density at radius 2 is 2.11 bits per heavy atom. The van der Waals surface area contributed by atoms with Crippen molar-refractivity contribution in [3.05, 3.63) is 53.7 Å². The first-order chi connectivity index (χ1) is 13.0. The Kier molecular flexibility index (Phi) is 4.31. The van der Waals surface area contributed by atoms with Crippen LogP contribution in [0, 0.1) is 5.82 Å². The molecule has 8 heteroatoms. The molecule has 2 aromatic heterocycles. The summed E-state index contributed by atoms with van der Waals surface area (Å²) < 4.78 is 13.3. The van der Waals surface area contributed by atoms with Gasteiger partial charge in [0.15, 0.2) is 5.82 Å². The van der Waals surface area contributed by atoms with Gasteiger partial charge in [0.1, 0.15) is 5.82 Å². The summed E-state index contributed by atoms with van der Waals surface area (Å²) in [7, 11) is 1.78. The first-order valence-electron chi connectivity index (χ1n) is 8.61. The Balaban J connectivity index is 1.51. The molecule has 4 rings (SSSR count). The van der Waals surface area contributed by atoms with E-state index in [1.165, 1.54) is 18.5 Å². The normalized spacial score (nSPS) is 16.5. The highest BCUT2D eigenvalue weighted by Gasteiger charge is 2.24. The van der Waals surface area contributed by atoms with Crippen molar-refractivity contribution >= 4 is 28.9 Å². The molecule has 138 valence electrons. The summed E-state index contributed by atoms with van der Waals surface area (Å²) in [5.41, 5.74) is 2.68. The van der Waals surface area contributed by atoms with E-state index >= 15 is 0 Å². The zero-order valence-corrected chi connectivity index (χ0v) is 14.8. The smallest absolute Gasteiger partial charge is 0.255 e. The number of hydrogen-bond acceptors (Lipinski definition) is 5. The van der Waals surface area contributed by atoms with Crippen molar-refractivity contribution in [2.24, 2.45) is 0 Å². The number of halogens is 1. The van der Waals surface area contributed by atoms with Crippen LogP contribution >= 0.6 is 0 Å². The Hall–Kier alpha value is -3.29. The number of carbonyl (C=O) groups excluding carboxylic acids is 2. The number of nitrogens with one attached hydrogen (secondary N) is 1. The summed E-state index contributed by atoms with van der Waals surface area (Å²) in [5.74, 6) is -0.0178. The number of amides is 2. The van der Waals surface area contributed by atoms with Crippen molar-refractivity contribution in [3.8, 4) is 0 Å². The molecule has 4 heterocycles. The lowest BCUT2D eigenvalue weighted by Gasteiger charge is -2.28. The molecule has 0 bridgehead atoms. The lowest BCUT2D eigenvalue weighted by atomic mass is 10.0. The molecule has 0 saturated carbocycles. The van der Waals surface area contributed by atoms with Crippen LogP contribution in [0.1, 0.15) is 22.3 Å². The van der Waals surface area contributed by atoms with Gasteiger partial charge in [-0.05, 0) is 29.7 Å². The molecule has 1 N–H and O–H groups in total. The zero-order chi connectivity index (χ0) is 19.0. The quantitative estimate of drug-likeness (QED) is 0.878. The Bertz CT molecular complexity index is 959. The van der Waals surface area contributed by atoms with E-state index in [-0.39, 0.29) is 24.2 Å². The van der Waals surface area contributed by atoms with Crippen LogP contribution in [0.2, 0.25) is 0 Å². The summed E-state index contributed by atoms with van der Waals surface area (Å²) in [6.45, 7) is 1.18. The number of hydrogen-bond donors (Lipinski definition) is 1. The summed E-state index contributed by atoms with van der Waals surface area (Å²) >= 11 is 0. The van der Waals surface area contributed by atoms with Crippen molar-refractivity contribution in [1.82, 2.24) is 14.9 Å². The summed E-state index contributed by atoms with van der Waals surface area (Å²) in [6, 6.07) is 3.11. The lowest BCUT2D eigenvalue weighted by molar-refractivity contribution is -0.115. The maximum absolute atomic E-state index is 13.3. The first kappa shape index (κ1) is 17.1. The van der Waals surface area contributed by atoms with Gasteiger partial charge in [-0.15, -0.1) is 0 Å². The van der Waals surface area contributed by atoms with Crippen molar-refractivity contribution < 1.29 is 14.0 Å². The molecule has 0 aliphatic carbocycles. The average molecular weight is 367 g/mol. The number of pyridine rings is 2. The van der Waals surface area contributed by atoms with Gasteiger partial charge in [-0.2, -0.15) is 0 Å². The second-order valence-corrected chi connectivity index (χ2v) is 6.62. The predicted octanol–water partition coefficient (Wildman–Crippen LogP) is 1.93. The highest BCUT2D eigenvalue weighted by Crippen LogP contribution is 2.28. The van der Waals surface area contributed by atoms with Gasteiger partial charge >= 0.3 is 0 Å². The van der Waals surface area contributed by atoms with Crippen LogP contribution in [0.15, 0.2) is 36.8 Å². The summed E-state index contributed by atoms with van der Waals surface area (Å²) in [4.78, 5) is 36.1. The van der Waals surface area contributed by atoms with Crippen LogP contribution < -0.4 is 10.2 Å². The maximum Gasteiger partial charge on any atom is 0.255 e. The average Bonchev–Trinajstić information content (AvgIpc) is 2.67. The molecule has 2 aliphatic heterocycles. The van der Waals surface area contributed by atoms with Gasteiger partial charge < -0.3 is 15.1 Å². The van der Waals surface area contributed by atoms with Crippen LogP contribution in [-0.2, 0) is 4.79 Å². The molecule has 2 amide bonds. The Morgan fingerprint density at radius 3 is 2.85 bits per heavy atom. The van der Waals surface area contributed by atoms with E-state index in [9.17, 15) is 14.0 Å². The molecule has 7 nitrogen and oxygen atoms in total. The molecule has 0 fully saturated rings. The van der Waals surface area contributed by atoms with Gasteiger partial charge in [-0.25, -0.2) is 9.37 Å². The van der Waals surface area contributed by atoms with E-state index in [4.69, 9.17) is 0 Å². The summed E-state index contributed by atoms with van der Waals surface area (Å²) in [6.07, 6.45) is 6.86. The van der Waals surface area contributed by atoms with E-state index in [0.29, 0.717) is 36.6 Å². The van der Waals surface area contributed by atoms with Crippen molar-refractivity contribution in [2.45, 2.75) is 6.42 Å². The monoisotopic (exact) mass is 367 g/mol. The molecular formula is C19H18FN5O2. The van der Waals surface area contributed by atoms with E-state index in [1.807, 2.05) is 6.08 Å². The van der Waals surface area contributed by atoms with Gasteiger partial charge in [0.2, 0.25) is 5.91 Å². The predicted molar refractivity (Wildman–Crippen MR) is 98.8 cm³/mol. The minimum atomic E-state index is -0.376. The molecular weight excluding hydrogens is 349 g/mol. The molecule has 0 unspecified atom stereocenters. The van der Waals surface area contributed by atoms with Crippen LogP contribution in [0.5, 0.6) is 0 Å². The fourth-order valence-corrected chi connectivity index (χ4v) is 3.34. The minimum absolute atomic E-state index is 0.134. The number of nitrogens with zero attached hydrogens (tertiary/aromatic N) is 4. The summed E-state index contributed by atoms with van der Waals surface area (Å²) in [5, 5.41) is 2.75.